The van der Waals surface area contributed by atoms with Gasteiger partial charge in [0.15, 0.2) is 14.7 Å². The average molecular weight is 623 g/mol. The Balaban J connectivity index is 0.000000976. The standard InChI is InChI=1S/C27H39O3SSi3.CH4O3S/c1-32(2,3)28-22-10-16-25(17-11-22)31(26-18-12-23(13-19-26)29-33(4,5)6)27-20-14-24(15-21-27)30-34(7,8)9;1-5(2,3)4/h10-21H,1-9H3;1H3,(H,2,3,4)/q+1;/p-1. The van der Waals surface area contributed by atoms with Crippen molar-refractivity contribution in [3.8, 4) is 17.2 Å². The van der Waals surface area contributed by atoms with Crippen LogP contribution in [-0.4, -0.2) is 44.2 Å². The quantitative estimate of drug-likeness (QED) is 0.139. The van der Waals surface area contributed by atoms with Crippen LogP contribution < -0.4 is 13.3 Å². The highest BCUT2D eigenvalue weighted by molar-refractivity contribution is 7.97. The second-order valence-electron chi connectivity index (χ2n) is 12.1. The fraction of sp³-hybridized carbons (Fsp3) is 0.357. The van der Waals surface area contributed by atoms with Gasteiger partial charge in [-0.1, -0.05) is 0 Å². The van der Waals surface area contributed by atoms with E-state index in [9.17, 15) is 0 Å². The lowest BCUT2D eigenvalue weighted by Gasteiger charge is -2.20. The molecule has 0 aliphatic carbocycles. The van der Waals surface area contributed by atoms with Gasteiger partial charge < -0.3 is 17.8 Å². The lowest BCUT2D eigenvalue weighted by Crippen LogP contribution is -2.29. The maximum atomic E-state index is 9.08. The summed E-state index contributed by atoms with van der Waals surface area (Å²) in [6.45, 7) is 19.9. The molecule has 0 saturated heterocycles. The normalized spacial score (nSPS) is 12.4. The SMILES string of the molecule is CS(=O)(=O)[O-].C[Si](C)(C)Oc1ccc([S+](c2ccc(O[Si](C)(C)C)cc2)c2ccc(O[Si](C)(C)C)cc2)cc1. The minimum Gasteiger partial charge on any atom is -0.748 e. The summed E-state index contributed by atoms with van der Waals surface area (Å²) in [7, 11) is -9.08. The first-order chi connectivity index (χ1) is 17.7. The molecule has 0 heterocycles. The van der Waals surface area contributed by atoms with Gasteiger partial charge in [0.1, 0.15) is 17.2 Å². The van der Waals surface area contributed by atoms with Crippen LogP contribution in [0.2, 0.25) is 58.9 Å². The third kappa shape index (κ3) is 13.7. The molecule has 0 amide bonds. The summed E-state index contributed by atoms with van der Waals surface area (Å²) in [5, 5.41) is 0. The summed E-state index contributed by atoms with van der Waals surface area (Å²) < 4.78 is 45.8. The lowest BCUT2D eigenvalue weighted by atomic mass is 10.3. The van der Waals surface area contributed by atoms with Gasteiger partial charge in [0.25, 0.3) is 0 Å². The molecule has 0 aliphatic rings. The van der Waals surface area contributed by atoms with E-state index in [2.05, 4.69) is 132 Å². The topological polar surface area (TPSA) is 84.9 Å². The largest absolute Gasteiger partial charge is 0.748 e. The zero-order chi connectivity index (χ0) is 29.6. The zero-order valence-corrected chi connectivity index (χ0v) is 29.3. The van der Waals surface area contributed by atoms with E-state index in [0.717, 1.165) is 17.2 Å². The average Bonchev–Trinajstić information content (AvgIpc) is 2.73. The van der Waals surface area contributed by atoms with Gasteiger partial charge in [0.2, 0.25) is 25.0 Å². The molecule has 6 nitrogen and oxygen atoms in total. The van der Waals surface area contributed by atoms with Gasteiger partial charge in [-0.15, -0.1) is 0 Å². The third-order valence-electron chi connectivity index (χ3n) is 4.45. The number of hydrogen-bond donors (Lipinski definition) is 0. The van der Waals surface area contributed by atoms with Crippen molar-refractivity contribution < 1.29 is 26.2 Å². The van der Waals surface area contributed by atoms with Gasteiger partial charge >= 0.3 is 0 Å². The summed E-state index contributed by atoms with van der Waals surface area (Å²) in [5.41, 5.74) is 0. The van der Waals surface area contributed by atoms with E-state index in [1.54, 1.807) is 0 Å². The van der Waals surface area contributed by atoms with Crippen LogP contribution in [-0.2, 0) is 21.0 Å². The Labute approximate surface area is 241 Å². The van der Waals surface area contributed by atoms with Crippen LogP contribution in [0.1, 0.15) is 0 Å². The highest BCUT2D eigenvalue weighted by Gasteiger charge is 2.30. The van der Waals surface area contributed by atoms with Gasteiger partial charge in [0, 0.05) is 6.26 Å². The Morgan fingerprint density at radius 1 is 0.513 bits per heavy atom. The van der Waals surface area contributed by atoms with Crippen molar-refractivity contribution in [2.45, 2.75) is 73.6 Å². The van der Waals surface area contributed by atoms with Gasteiger partial charge in [-0.25, -0.2) is 8.42 Å². The molecule has 0 aliphatic heterocycles. The van der Waals surface area contributed by atoms with Crippen LogP contribution in [0.25, 0.3) is 0 Å². The number of hydrogen-bond acceptors (Lipinski definition) is 6. The fourth-order valence-corrected chi connectivity index (χ4v) is 7.97. The van der Waals surface area contributed by atoms with E-state index in [4.69, 9.17) is 26.2 Å². The van der Waals surface area contributed by atoms with Crippen LogP contribution in [0.4, 0.5) is 0 Å². The molecular formula is C28H42O6S2Si3. The van der Waals surface area contributed by atoms with Gasteiger partial charge in [0.05, 0.1) is 21.0 Å². The molecule has 0 atom stereocenters. The summed E-state index contributed by atoms with van der Waals surface area (Å²) in [6.07, 6.45) is 0.604. The molecule has 0 N–H and O–H groups in total. The molecule has 0 aromatic heterocycles. The molecule has 3 rings (SSSR count). The molecule has 39 heavy (non-hydrogen) atoms. The Kier molecular flexibility index (Phi) is 11.1. The molecule has 11 heteroatoms. The highest BCUT2D eigenvalue weighted by atomic mass is 32.2. The first-order valence-corrected chi connectivity index (χ1v) is 26.0. The van der Waals surface area contributed by atoms with Crippen molar-refractivity contribution in [1.82, 2.24) is 0 Å². The molecular weight excluding hydrogens is 581 g/mol. The molecule has 0 unspecified atom stereocenters. The summed E-state index contributed by atoms with van der Waals surface area (Å²) in [5.74, 6) is 2.85. The predicted octanol–water partition coefficient (Wildman–Crippen LogP) is 7.58. The van der Waals surface area contributed by atoms with E-state index in [1.807, 2.05) is 0 Å². The summed E-state index contributed by atoms with van der Waals surface area (Å²) in [6, 6.07) is 25.9. The molecule has 0 bridgehead atoms. The van der Waals surface area contributed by atoms with Crippen LogP contribution in [0.15, 0.2) is 87.5 Å². The maximum absolute atomic E-state index is 9.08. The number of rotatable bonds is 9. The Hall–Kier alpha value is -2.03. The molecule has 0 radical (unpaired) electrons. The zero-order valence-electron chi connectivity index (χ0n) is 24.7. The molecule has 0 saturated carbocycles. The first kappa shape index (κ1) is 33.2. The molecule has 3 aromatic carbocycles. The van der Waals surface area contributed by atoms with E-state index >= 15 is 0 Å². The number of benzene rings is 3. The van der Waals surface area contributed by atoms with Crippen LogP contribution >= 0.6 is 0 Å². The minimum absolute atomic E-state index is 0.242. The second kappa shape index (κ2) is 13.1. The molecule has 0 fully saturated rings. The van der Waals surface area contributed by atoms with Crippen molar-refractivity contribution in [2.75, 3.05) is 6.26 Å². The third-order valence-corrected chi connectivity index (χ3v) is 9.23. The first-order valence-electron chi connectivity index (χ1n) is 12.7. The van der Waals surface area contributed by atoms with Crippen molar-refractivity contribution in [1.29, 1.82) is 0 Å². The van der Waals surface area contributed by atoms with Crippen molar-refractivity contribution in [3.05, 3.63) is 72.8 Å². The maximum Gasteiger partial charge on any atom is 0.242 e. The van der Waals surface area contributed by atoms with E-state index in [0.29, 0.717) is 6.26 Å². The van der Waals surface area contributed by atoms with Crippen LogP contribution in [0.3, 0.4) is 0 Å². The highest BCUT2D eigenvalue weighted by Crippen LogP contribution is 2.34. The molecule has 214 valence electrons. The molecule has 0 spiro atoms. The van der Waals surface area contributed by atoms with E-state index < -0.39 is 35.1 Å². The van der Waals surface area contributed by atoms with Crippen LogP contribution in [0.5, 0.6) is 17.2 Å². The predicted molar refractivity (Wildman–Crippen MR) is 169 cm³/mol. The van der Waals surface area contributed by atoms with Gasteiger partial charge in [-0.2, -0.15) is 0 Å². The fourth-order valence-electron chi connectivity index (χ4n) is 3.40. The summed E-state index contributed by atoms with van der Waals surface area (Å²) >= 11 is 0. The Bertz CT molecular complexity index is 1140. The molecule has 3 aromatic rings. The van der Waals surface area contributed by atoms with E-state index in [-0.39, 0.29) is 10.9 Å². The summed E-state index contributed by atoms with van der Waals surface area (Å²) in [4.78, 5) is 3.79. The van der Waals surface area contributed by atoms with Gasteiger partial charge in [-0.3, -0.25) is 0 Å². The smallest absolute Gasteiger partial charge is 0.242 e. The second-order valence-corrected chi connectivity index (χ2v) is 28.8. The Morgan fingerprint density at radius 3 is 0.846 bits per heavy atom. The monoisotopic (exact) mass is 622 g/mol. The minimum atomic E-state index is -3.92. The van der Waals surface area contributed by atoms with Crippen molar-refractivity contribution >= 4 is 46.0 Å². The lowest BCUT2D eigenvalue weighted by molar-refractivity contribution is 0.470. The van der Waals surface area contributed by atoms with Gasteiger partial charge in [-0.05, 0) is 132 Å². The van der Waals surface area contributed by atoms with Crippen molar-refractivity contribution in [2.24, 2.45) is 0 Å². The Morgan fingerprint density at radius 2 is 0.692 bits per heavy atom. The van der Waals surface area contributed by atoms with Crippen LogP contribution in [0, 0.1) is 0 Å². The van der Waals surface area contributed by atoms with Crippen molar-refractivity contribution in [3.63, 3.8) is 0 Å². The van der Waals surface area contributed by atoms with E-state index in [1.165, 1.54) is 14.7 Å².